The highest BCUT2D eigenvalue weighted by atomic mass is 15.3. The van der Waals surface area contributed by atoms with Gasteiger partial charge in [-0.1, -0.05) is 55.7 Å². The molecule has 0 amide bonds. The molecule has 0 spiro atoms. The summed E-state index contributed by atoms with van der Waals surface area (Å²) < 4.78 is 0. The summed E-state index contributed by atoms with van der Waals surface area (Å²) in [6, 6.07) is 19.7. The van der Waals surface area contributed by atoms with Gasteiger partial charge in [0.1, 0.15) is 0 Å². The van der Waals surface area contributed by atoms with E-state index >= 15 is 0 Å². The fourth-order valence-electron chi connectivity index (χ4n) is 5.11. The van der Waals surface area contributed by atoms with Gasteiger partial charge in [-0.15, -0.1) is 0 Å². The molecule has 3 aromatic rings. The highest BCUT2D eigenvalue weighted by Crippen LogP contribution is 2.29. The summed E-state index contributed by atoms with van der Waals surface area (Å²) in [4.78, 5) is 9.85. The Balaban J connectivity index is 1.24. The van der Waals surface area contributed by atoms with E-state index in [1.54, 1.807) is 0 Å². The zero-order valence-electron chi connectivity index (χ0n) is 17.3. The van der Waals surface area contributed by atoms with Crippen LogP contribution in [0.1, 0.15) is 32.1 Å². The van der Waals surface area contributed by atoms with Gasteiger partial charge < -0.3 is 4.90 Å². The van der Waals surface area contributed by atoms with E-state index < -0.39 is 0 Å². The molecule has 0 atom stereocenters. The van der Waals surface area contributed by atoms with Crippen molar-refractivity contribution in [3.63, 3.8) is 0 Å². The normalized spacial score (nSPS) is 19.0. The van der Waals surface area contributed by atoms with E-state index in [1.807, 2.05) is 12.3 Å². The highest BCUT2D eigenvalue weighted by molar-refractivity contribution is 5.93. The van der Waals surface area contributed by atoms with Gasteiger partial charge in [-0.2, -0.15) is 0 Å². The minimum Gasteiger partial charge on any atom is -0.369 e. The van der Waals surface area contributed by atoms with Crippen molar-refractivity contribution in [2.45, 2.75) is 32.1 Å². The van der Waals surface area contributed by atoms with Crippen molar-refractivity contribution in [1.29, 1.82) is 0 Å². The van der Waals surface area contributed by atoms with Crippen molar-refractivity contribution in [3.05, 3.63) is 60.8 Å². The van der Waals surface area contributed by atoms with E-state index in [-0.39, 0.29) is 0 Å². The molecule has 29 heavy (non-hydrogen) atoms. The van der Waals surface area contributed by atoms with Crippen LogP contribution < -0.4 is 4.90 Å². The number of hydrogen-bond donors (Lipinski definition) is 0. The molecule has 0 bridgehead atoms. The first-order valence-electron chi connectivity index (χ1n) is 11.3. The summed E-state index contributed by atoms with van der Waals surface area (Å²) in [7, 11) is 0. The standard InChI is InChI=1S/C26H31N3/c1-2-6-21(7-3-1)20-28-16-18-29(19-17-28)24-13-11-22(12-14-24)25-10-4-8-23-9-5-15-27-26(23)25/h4-5,8-15,21H,1-3,6-7,16-20H2. The van der Waals surface area contributed by atoms with Crippen LogP contribution in [-0.2, 0) is 0 Å². The van der Waals surface area contributed by atoms with Crippen LogP contribution in [-0.4, -0.2) is 42.6 Å². The first kappa shape index (κ1) is 18.6. The van der Waals surface area contributed by atoms with Crippen molar-refractivity contribution in [1.82, 2.24) is 9.88 Å². The number of fused-ring (bicyclic) bond motifs is 1. The second-order valence-corrected chi connectivity index (χ2v) is 8.72. The van der Waals surface area contributed by atoms with Gasteiger partial charge in [-0.3, -0.25) is 9.88 Å². The van der Waals surface area contributed by atoms with E-state index in [2.05, 4.69) is 63.3 Å². The molecule has 1 aromatic heterocycles. The zero-order valence-corrected chi connectivity index (χ0v) is 17.3. The molecule has 0 radical (unpaired) electrons. The molecule has 0 N–H and O–H groups in total. The molecule has 3 heteroatoms. The van der Waals surface area contributed by atoms with Crippen LogP contribution in [0.2, 0.25) is 0 Å². The molecular formula is C26H31N3. The van der Waals surface area contributed by atoms with E-state index in [4.69, 9.17) is 0 Å². The first-order chi connectivity index (χ1) is 14.4. The Morgan fingerprint density at radius 2 is 1.55 bits per heavy atom. The highest BCUT2D eigenvalue weighted by Gasteiger charge is 2.21. The Labute approximate surface area is 174 Å². The molecule has 5 rings (SSSR count). The first-order valence-corrected chi connectivity index (χ1v) is 11.3. The predicted molar refractivity (Wildman–Crippen MR) is 122 cm³/mol. The van der Waals surface area contributed by atoms with Crippen LogP contribution in [0.15, 0.2) is 60.8 Å². The lowest BCUT2D eigenvalue weighted by Gasteiger charge is -2.38. The van der Waals surface area contributed by atoms with E-state index in [0.717, 1.165) is 24.5 Å². The van der Waals surface area contributed by atoms with Gasteiger partial charge in [0, 0.05) is 55.6 Å². The van der Waals surface area contributed by atoms with Crippen molar-refractivity contribution in [2.24, 2.45) is 5.92 Å². The maximum Gasteiger partial charge on any atom is 0.0780 e. The van der Waals surface area contributed by atoms with Crippen LogP contribution in [0.4, 0.5) is 5.69 Å². The van der Waals surface area contributed by atoms with Crippen molar-refractivity contribution < 1.29 is 0 Å². The topological polar surface area (TPSA) is 19.4 Å². The molecule has 150 valence electrons. The SMILES string of the molecule is c1cnc2c(-c3ccc(N4CCN(CC5CCCCC5)CC4)cc3)cccc2c1. The largest absolute Gasteiger partial charge is 0.369 e. The van der Waals surface area contributed by atoms with Gasteiger partial charge in [-0.05, 0) is 42.5 Å². The molecule has 0 unspecified atom stereocenters. The molecule has 2 fully saturated rings. The summed E-state index contributed by atoms with van der Waals surface area (Å²) >= 11 is 0. The van der Waals surface area contributed by atoms with Gasteiger partial charge in [0.15, 0.2) is 0 Å². The van der Waals surface area contributed by atoms with Gasteiger partial charge in [-0.25, -0.2) is 0 Å². The molecule has 1 aliphatic heterocycles. The number of rotatable bonds is 4. The second kappa shape index (κ2) is 8.54. The fourth-order valence-corrected chi connectivity index (χ4v) is 5.11. The van der Waals surface area contributed by atoms with Crippen LogP contribution in [0.5, 0.6) is 0 Å². The van der Waals surface area contributed by atoms with Crippen LogP contribution >= 0.6 is 0 Å². The van der Waals surface area contributed by atoms with Crippen molar-refractivity contribution >= 4 is 16.6 Å². The third-order valence-electron chi connectivity index (χ3n) is 6.79. The maximum absolute atomic E-state index is 4.61. The summed E-state index contributed by atoms with van der Waals surface area (Å²) in [5.41, 5.74) is 4.89. The second-order valence-electron chi connectivity index (χ2n) is 8.72. The Bertz CT molecular complexity index is 930. The van der Waals surface area contributed by atoms with E-state index in [9.17, 15) is 0 Å². The lowest BCUT2D eigenvalue weighted by Crippen LogP contribution is -2.48. The molecule has 2 aliphatic rings. The molecule has 1 aliphatic carbocycles. The molecule has 1 saturated heterocycles. The summed E-state index contributed by atoms with van der Waals surface area (Å²) in [6.07, 6.45) is 9.13. The van der Waals surface area contributed by atoms with Crippen molar-refractivity contribution in [3.8, 4) is 11.1 Å². The number of pyridine rings is 1. The third kappa shape index (κ3) is 4.16. The maximum atomic E-state index is 4.61. The van der Waals surface area contributed by atoms with Gasteiger partial charge in [0.05, 0.1) is 5.52 Å². The van der Waals surface area contributed by atoms with Crippen LogP contribution in [0.3, 0.4) is 0 Å². The Hall–Kier alpha value is -2.39. The quantitative estimate of drug-likeness (QED) is 0.582. The number of nitrogens with zero attached hydrogens (tertiary/aromatic N) is 3. The fraction of sp³-hybridized carbons (Fsp3) is 0.423. The monoisotopic (exact) mass is 385 g/mol. The Morgan fingerprint density at radius 1 is 0.793 bits per heavy atom. The molecule has 2 aromatic carbocycles. The number of anilines is 1. The summed E-state index contributed by atoms with van der Waals surface area (Å²) in [5, 5.41) is 1.20. The van der Waals surface area contributed by atoms with E-state index in [0.29, 0.717) is 0 Å². The molecule has 3 nitrogen and oxygen atoms in total. The molecular weight excluding hydrogens is 354 g/mol. The average Bonchev–Trinajstić information content (AvgIpc) is 2.80. The van der Waals surface area contributed by atoms with Crippen LogP contribution in [0, 0.1) is 5.92 Å². The molecule has 1 saturated carbocycles. The smallest absolute Gasteiger partial charge is 0.0780 e. The minimum atomic E-state index is 0.948. The van der Waals surface area contributed by atoms with Gasteiger partial charge >= 0.3 is 0 Å². The summed E-state index contributed by atoms with van der Waals surface area (Å²) in [5.74, 6) is 0.948. The number of aromatic nitrogens is 1. The number of hydrogen-bond acceptors (Lipinski definition) is 3. The number of piperazine rings is 1. The minimum absolute atomic E-state index is 0.948. The Morgan fingerprint density at radius 3 is 2.34 bits per heavy atom. The number of benzene rings is 2. The summed E-state index contributed by atoms with van der Waals surface area (Å²) in [6.45, 7) is 6.00. The molecule has 2 heterocycles. The van der Waals surface area contributed by atoms with E-state index in [1.165, 1.54) is 73.9 Å². The van der Waals surface area contributed by atoms with Gasteiger partial charge in [0.25, 0.3) is 0 Å². The predicted octanol–water partition coefficient (Wildman–Crippen LogP) is 5.60. The number of para-hydroxylation sites is 1. The Kier molecular flexibility index (Phi) is 5.49. The lowest BCUT2D eigenvalue weighted by atomic mass is 9.89. The van der Waals surface area contributed by atoms with Gasteiger partial charge in [0.2, 0.25) is 0 Å². The third-order valence-corrected chi connectivity index (χ3v) is 6.79. The zero-order chi connectivity index (χ0) is 19.5. The van der Waals surface area contributed by atoms with Crippen molar-refractivity contribution in [2.75, 3.05) is 37.6 Å². The average molecular weight is 386 g/mol. The lowest BCUT2D eigenvalue weighted by molar-refractivity contribution is 0.192. The van der Waals surface area contributed by atoms with Crippen LogP contribution in [0.25, 0.3) is 22.0 Å².